The van der Waals surface area contributed by atoms with Gasteiger partial charge in [-0.3, -0.25) is 0 Å². The molecule has 1 atom stereocenters. The molecule has 0 saturated heterocycles. The lowest BCUT2D eigenvalue weighted by Crippen LogP contribution is -2.36. The van der Waals surface area contributed by atoms with E-state index in [1.165, 1.54) is 17.5 Å². The normalized spacial score (nSPS) is 14.5. The Hall–Kier alpha value is -2.59. The Kier molecular flexibility index (Phi) is 3.82. The van der Waals surface area contributed by atoms with E-state index in [9.17, 15) is 4.79 Å². The van der Waals surface area contributed by atoms with E-state index in [0.717, 1.165) is 29.3 Å². The molecule has 1 heterocycles. The molecule has 2 aromatic carbocycles. The quantitative estimate of drug-likeness (QED) is 0.573. The second-order valence-electron chi connectivity index (χ2n) is 6.38. The van der Waals surface area contributed by atoms with E-state index in [0.29, 0.717) is 12.2 Å². The predicted octanol–water partition coefficient (Wildman–Crippen LogP) is 3.13. The lowest BCUT2D eigenvalue weighted by Gasteiger charge is -2.12. The van der Waals surface area contributed by atoms with Crippen molar-refractivity contribution in [3.05, 3.63) is 65.4 Å². The summed E-state index contributed by atoms with van der Waals surface area (Å²) in [5.74, 6) is 0.202. The molecule has 4 nitrogen and oxygen atoms in total. The van der Waals surface area contributed by atoms with Crippen LogP contribution in [0.4, 0.5) is 0 Å². The number of rotatable bonds is 4. The third-order valence-electron chi connectivity index (χ3n) is 4.71. The standard InChI is InChI=1S/C20H20N2O2/c21-18(11-15-12-22-19-7-2-1-6-17(15)19)20(23)24-16-9-8-13-4-3-5-14(13)10-16/h1-2,6-10,12,18,22H,3-5,11,21H2. The minimum Gasteiger partial charge on any atom is -0.425 e. The fraction of sp³-hybridized carbons (Fsp3) is 0.250. The second-order valence-corrected chi connectivity index (χ2v) is 6.38. The van der Waals surface area contributed by atoms with Crippen molar-refractivity contribution in [1.82, 2.24) is 4.98 Å². The van der Waals surface area contributed by atoms with Gasteiger partial charge >= 0.3 is 5.97 Å². The summed E-state index contributed by atoms with van der Waals surface area (Å²) in [4.78, 5) is 15.5. The van der Waals surface area contributed by atoms with Crippen LogP contribution in [0.5, 0.6) is 5.75 Å². The first-order chi connectivity index (χ1) is 11.7. The molecule has 0 radical (unpaired) electrons. The minimum absolute atomic E-state index is 0.391. The monoisotopic (exact) mass is 320 g/mol. The molecule has 4 heteroatoms. The first-order valence-corrected chi connectivity index (χ1v) is 8.35. The number of hydrogen-bond acceptors (Lipinski definition) is 3. The molecule has 0 bridgehead atoms. The Labute approximate surface area is 140 Å². The van der Waals surface area contributed by atoms with Gasteiger partial charge in [-0.15, -0.1) is 0 Å². The van der Waals surface area contributed by atoms with Crippen LogP contribution in [0.2, 0.25) is 0 Å². The van der Waals surface area contributed by atoms with Crippen LogP contribution < -0.4 is 10.5 Å². The molecule has 24 heavy (non-hydrogen) atoms. The first kappa shape index (κ1) is 15.0. The van der Waals surface area contributed by atoms with Crippen LogP contribution in [0.15, 0.2) is 48.7 Å². The van der Waals surface area contributed by atoms with Crippen LogP contribution >= 0.6 is 0 Å². The van der Waals surface area contributed by atoms with Gasteiger partial charge in [0.25, 0.3) is 0 Å². The SMILES string of the molecule is NC(Cc1c[nH]c2ccccc12)C(=O)Oc1ccc2c(c1)CCC2. The highest BCUT2D eigenvalue weighted by atomic mass is 16.5. The Morgan fingerprint density at radius 3 is 2.92 bits per heavy atom. The van der Waals surface area contributed by atoms with Crippen molar-refractivity contribution in [2.75, 3.05) is 0 Å². The molecular weight excluding hydrogens is 300 g/mol. The summed E-state index contributed by atoms with van der Waals surface area (Å²) in [7, 11) is 0. The van der Waals surface area contributed by atoms with Crippen molar-refractivity contribution in [3.8, 4) is 5.75 Å². The summed E-state index contributed by atoms with van der Waals surface area (Å²) in [5.41, 5.74) is 10.8. The van der Waals surface area contributed by atoms with Crippen LogP contribution in [-0.2, 0) is 24.1 Å². The first-order valence-electron chi connectivity index (χ1n) is 8.35. The van der Waals surface area contributed by atoms with Crippen LogP contribution in [-0.4, -0.2) is 17.0 Å². The number of aromatic nitrogens is 1. The zero-order valence-corrected chi connectivity index (χ0v) is 13.4. The number of carbonyl (C=O) groups is 1. The Bertz CT molecular complexity index is 898. The number of carbonyl (C=O) groups excluding carboxylic acids is 1. The van der Waals surface area contributed by atoms with Crippen LogP contribution in [0, 0.1) is 0 Å². The highest BCUT2D eigenvalue weighted by Crippen LogP contribution is 2.26. The van der Waals surface area contributed by atoms with E-state index in [-0.39, 0.29) is 0 Å². The molecule has 3 aromatic rings. The zero-order chi connectivity index (χ0) is 16.5. The number of esters is 1. The minimum atomic E-state index is -0.683. The highest BCUT2D eigenvalue weighted by Gasteiger charge is 2.19. The zero-order valence-electron chi connectivity index (χ0n) is 13.4. The molecule has 1 unspecified atom stereocenters. The number of nitrogens with two attached hydrogens (primary N) is 1. The van der Waals surface area contributed by atoms with Gasteiger partial charge in [-0.05, 0) is 54.2 Å². The largest absolute Gasteiger partial charge is 0.425 e. The van der Waals surface area contributed by atoms with Crippen molar-refractivity contribution >= 4 is 16.9 Å². The van der Waals surface area contributed by atoms with Gasteiger partial charge in [0.05, 0.1) is 0 Å². The van der Waals surface area contributed by atoms with Crippen molar-refractivity contribution in [1.29, 1.82) is 0 Å². The number of H-pyrrole nitrogens is 1. The average molecular weight is 320 g/mol. The summed E-state index contributed by atoms with van der Waals surface area (Å²) < 4.78 is 5.49. The molecule has 0 aliphatic heterocycles. The van der Waals surface area contributed by atoms with Gasteiger partial charge < -0.3 is 15.5 Å². The van der Waals surface area contributed by atoms with Crippen LogP contribution in [0.3, 0.4) is 0 Å². The Morgan fingerprint density at radius 2 is 2.00 bits per heavy atom. The number of aryl methyl sites for hydroxylation is 2. The third-order valence-corrected chi connectivity index (χ3v) is 4.71. The van der Waals surface area contributed by atoms with Crippen molar-refractivity contribution in [2.45, 2.75) is 31.7 Å². The van der Waals surface area contributed by atoms with Crippen molar-refractivity contribution < 1.29 is 9.53 Å². The van der Waals surface area contributed by atoms with Gasteiger partial charge in [0.1, 0.15) is 11.8 Å². The summed E-state index contributed by atoms with van der Waals surface area (Å²) in [6, 6.07) is 13.2. The lowest BCUT2D eigenvalue weighted by molar-refractivity contribution is -0.135. The molecule has 3 N–H and O–H groups in total. The molecule has 1 aliphatic rings. The third kappa shape index (κ3) is 2.81. The average Bonchev–Trinajstić information content (AvgIpc) is 3.21. The number of para-hydroxylation sites is 1. The Morgan fingerprint density at radius 1 is 1.17 bits per heavy atom. The summed E-state index contributed by atoms with van der Waals surface area (Å²) in [6.07, 6.45) is 5.71. The highest BCUT2D eigenvalue weighted by molar-refractivity contribution is 5.85. The van der Waals surface area contributed by atoms with Crippen LogP contribution in [0.1, 0.15) is 23.1 Å². The van der Waals surface area contributed by atoms with Gasteiger partial charge in [0.2, 0.25) is 0 Å². The maximum Gasteiger partial charge on any atom is 0.328 e. The fourth-order valence-electron chi connectivity index (χ4n) is 3.42. The summed E-state index contributed by atoms with van der Waals surface area (Å²) in [5, 5.41) is 1.10. The van der Waals surface area contributed by atoms with Crippen molar-refractivity contribution in [3.63, 3.8) is 0 Å². The number of fused-ring (bicyclic) bond motifs is 2. The number of hydrogen-bond donors (Lipinski definition) is 2. The van der Waals surface area contributed by atoms with E-state index in [4.69, 9.17) is 10.5 Å². The molecule has 0 amide bonds. The van der Waals surface area contributed by atoms with E-state index in [1.807, 2.05) is 42.6 Å². The van der Waals surface area contributed by atoms with Crippen molar-refractivity contribution in [2.24, 2.45) is 5.73 Å². The molecule has 122 valence electrons. The van der Waals surface area contributed by atoms with Gasteiger partial charge in [0, 0.05) is 23.5 Å². The van der Waals surface area contributed by atoms with Crippen LogP contribution in [0.25, 0.3) is 10.9 Å². The summed E-state index contributed by atoms with van der Waals surface area (Å²) >= 11 is 0. The Balaban J connectivity index is 1.46. The molecule has 0 spiro atoms. The van der Waals surface area contributed by atoms with Gasteiger partial charge in [-0.1, -0.05) is 24.3 Å². The number of aromatic amines is 1. The number of nitrogens with one attached hydrogen (secondary N) is 1. The lowest BCUT2D eigenvalue weighted by atomic mass is 10.1. The van der Waals surface area contributed by atoms with E-state index >= 15 is 0 Å². The van der Waals surface area contributed by atoms with E-state index in [2.05, 4.69) is 11.1 Å². The fourth-order valence-corrected chi connectivity index (χ4v) is 3.42. The maximum absolute atomic E-state index is 12.3. The topological polar surface area (TPSA) is 68.1 Å². The predicted molar refractivity (Wildman–Crippen MR) is 94.1 cm³/mol. The molecule has 4 rings (SSSR count). The van der Waals surface area contributed by atoms with Gasteiger partial charge in [-0.25, -0.2) is 4.79 Å². The number of benzene rings is 2. The maximum atomic E-state index is 12.3. The second kappa shape index (κ2) is 6.13. The summed E-state index contributed by atoms with van der Waals surface area (Å²) in [6.45, 7) is 0. The molecule has 0 saturated carbocycles. The van der Waals surface area contributed by atoms with E-state index in [1.54, 1.807) is 0 Å². The van der Waals surface area contributed by atoms with Gasteiger partial charge in [-0.2, -0.15) is 0 Å². The smallest absolute Gasteiger partial charge is 0.328 e. The number of ether oxygens (including phenoxy) is 1. The van der Waals surface area contributed by atoms with E-state index < -0.39 is 12.0 Å². The molecule has 1 aromatic heterocycles. The molecular formula is C20H20N2O2. The molecule has 1 aliphatic carbocycles. The van der Waals surface area contributed by atoms with Gasteiger partial charge in [0.15, 0.2) is 0 Å². The molecule has 0 fully saturated rings.